The van der Waals surface area contributed by atoms with Crippen molar-refractivity contribution in [3.8, 4) is 11.1 Å². The summed E-state index contributed by atoms with van der Waals surface area (Å²) in [5.41, 5.74) is 9.61. The normalized spacial score (nSPS) is 22.0. The molecule has 0 aliphatic carbocycles. The highest BCUT2D eigenvalue weighted by Crippen LogP contribution is 2.35. The molecule has 4 aromatic rings. The van der Waals surface area contributed by atoms with E-state index in [1.807, 2.05) is 84.9 Å². The van der Waals surface area contributed by atoms with E-state index in [-0.39, 0.29) is 44.8 Å². The molecule has 2 aliphatic heterocycles. The van der Waals surface area contributed by atoms with Gasteiger partial charge in [-0.2, -0.15) is 0 Å². The molecule has 0 saturated carbocycles. The fourth-order valence-corrected chi connectivity index (χ4v) is 7.50. The lowest BCUT2D eigenvalue weighted by Gasteiger charge is -2.42. The van der Waals surface area contributed by atoms with E-state index >= 15 is 0 Å². The molecule has 2 aliphatic rings. The van der Waals surface area contributed by atoms with Crippen LogP contribution in [0.5, 0.6) is 0 Å². The lowest BCUT2D eigenvalue weighted by Crippen LogP contribution is -2.58. The Morgan fingerprint density at radius 1 is 0.737 bits per heavy atom. The number of hydrogen-bond acceptors (Lipinski definition) is 6. The Hall–Kier alpha value is -6.56. The molecular formula is C45H48N6O6. The van der Waals surface area contributed by atoms with Gasteiger partial charge in [-0.1, -0.05) is 109 Å². The maximum atomic E-state index is 14.8. The van der Waals surface area contributed by atoms with Gasteiger partial charge in [0.2, 0.25) is 35.4 Å². The molecule has 6 amide bonds. The number of nitrogens with one attached hydrogen (secondary N) is 4. The highest BCUT2D eigenvalue weighted by atomic mass is 16.2. The molecule has 12 nitrogen and oxygen atoms in total. The molecule has 3 atom stereocenters. The maximum absolute atomic E-state index is 14.8. The van der Waals surface area contributed by atoms with E-state index in [0.717, 1.165) is 34.4 Å². The predicted octanol–water partition coefficient (Wildman–Crippen LogP) is 3.14. The van der Waals surface area contributed by atoms with Crippen molar-refractivity contribution in [3.63, 3.8) is 0 Å². The third-order valence-corrected chi connectivity index (χ3v) is 10.6. The van der Waals surface area contributed by atoms with Gasteiger partial charge in [-0.05, 0) is 59.1 Å². The van der Waals surface area contributed by atoms with Gasteiger partial charge < -0.3 is 31.9 Å². The van der Waals surface area contributed by atoms with Gasteiger partial charge in [0, 0.05) is 44.8 Å². The van der Waals surface area contributed by atoms with E-state index in [9.17, 15) is 28.8 Å². The van der Waals surface area contributed by atoms with E-state index < -0.39 is 47.0 Å². The molecule has 6 N–H and O–H groups in total. The Kier molecular flexibility index (Phi) is 13.3. The van der Waals surface area contributed by atoms with E-state index in [1.54, 1.807) is 29.2 Å². The summed E-state index contributed by atoms with van der Waals surface area (Å²) in [6.07, 6.45) is 3.72. The van der Waals surface area contributed by atoms with E-state index in [1.165, 1.54) is 0 Å². The van der Waals surface area contributed by atoms with Crippen LogP contribution < -0.4 is 27.0 Å². The molecule has 6 rings (SSSR count). The SMILES string of the molecule is NC(=O)C1CCNC(=O)/C=C/C(=O)N2CCCC(Cc3ccccc3)(C2)C(=O)NC(Cc2ccc(-c3ccccc3)cc2)C(=O)NCc2ccccc2CC(=O)N1. The van der Waals surface area contributed by atoms with Gasteiger partial charge in [0.15, 0.2) is 0 Å². The molecule has 294 valence electrons. The van der Waals surface area contributed by atoms with Crippen LogP contribution >= 0.6 is 0 Å². The summed E-state index contributed by atoms with van der Waals surface area (Å²) in [6.45, 7) is 0.532. The van der Waals surface area contributed by atoms with Crippen LogP contribution in [-0.4, -0.2) is 72.1 Å². The smallest absolute Gasteiger partial charge is 0.246 e. The minimum absolute atomic E-state index is 0.0102. The topological polar surface area (TPSA) is 180 Å². The highest BCUT2D eigenvalue weighted by molar-refractivity contribution is 5.97. The number of carbonyl (C=O) groups is 6. The van der Waals surface area contributed by atoms with E-state index in [0.29, 0.717) is 36.9 Å². The van der Waals surface area contributed by atoms with Crippen LogP contribution in [0.1, 0.15) is 41.5 Å². The summed E-state index contributed by atoms with van der Waals surface area (Å²) >= 11 is 0. The number of benzene rings is 4. The van der Waals surface area contributed by atoms with Crippen molar-refractivity contribution in [1.82, 2.24) is 26.2 Å². The van der Waals surface area contributed by atoms with Gasteiger partial charge in [0.05, 0.1) is 11.8 Å². The highest BCUT2D eigenvalue weighted by Gasteiger charge is 2.44. The number of nitrogens with two attached hydrogens (primary N) is 1. The minimum atomic E-state index is -1.08. The molecule has 2 bridgehead atoms. The van der Waals surface area contributed by atoms with Gasteiger partial charge >= 0.3 is 0 Å². The first-order valence-electron chi connectivity index (χ1n) is 19.3. The van der Waals surface area contributed by atoms with Crippen molar-refractivity contribution in [3.05, 3.63) is 144 Å². The molecule has 1 fully saturated rings. The molecule has 3 unspecified atom stereocenters. The zero-order chi connectivity index (χ0) is 40.2. The summed E-state index contributed by atoms with van der Waals surface area (Å²) in [5, 5.41) is 11.4. The Balaban J connectivity index is 1.33. The van der Waals surface area contributed by atoms with Gasteiger partial charge in [0.1, 0.15) is 12.1 Å². The second-order valence-electron chi connectivity index (χ2n) is 14.7. The van der Waals surface area contributed by atoms with E-state index in [4.69, 9.17) is 5.73 Å². The number of hydrogen-bond donors (Lipinski definition) is 5. The number of fused-ring (bicyclic) bond motifs is 3. The fourth-order valence-electron chi connectivity index (χ4n) is 7.50. The molecule has 0 aromatic heterocycles. The second kappa shape index (κ2) is 18.9. The first kappa shape index (κ1) is 40.1. The van der Waals surface area contributed by atoms with Crippen molar-refractivity contribution in [1.29, 1.82) is 0 Å². The average Bonchev–Trinajstić information content (AvgIpc) is 3.22. The average molecular weight is 769 g/mol. The Morgan fingerprint density at radius 2 is 1.40 bits per heavy atom. The molecule has 0 radical (unpaired) electrons. The summed E-state index contributed by atoms with van der Waals surface area (Å²) in [5.74, 6) is -3.00. The van der Waals surface area contributed by atoms with Crippen LogP contribution in [0, 0.1) is 5.41 Å². The van der Waals surface area contributed by atoms with Crippen molar-refractivity contribution >= 4 is 35.4 Å². The molecule has 12 heteroatoms. The zero-order valence-electron chi connectivity index (χ0n) is 31.7. The van der Waals surface area contributed by atoms with Crippen molar-refractivity contribution in [2.45, 2.75) is 57.2 Å². The Labute approximate surface area is 332 Å². The summed E-state index contributed by atoms with van der Waals surface area (Å²) in [6, 6.07) is 32.5. The van der Waals surface area contributed by atoms with Crippen molar-refractivity contribution in [2.75, 3.05) is 19.6 Å². The third kappa shape index (κ3) is 10.8. The lowest BCUT2D eigenvalue weighted by molar-refractivity contribution is -0.141. The van der Waals surface area contributed by atoms with E-state index in [2.05, 4.69) is 21.3 Å². The summed E-state index contributed by atoms with van der Waals surface area (Å²) in [7, 11) is 0. The molecule has 4 aromatic carbocycles. The zero-order valence-corrected chi connectivity index (χ0v) is 31.7. The van der Waals surface area contributed by atoms with Crippen LogP contribution in [0.4, 0.5) is 0 Å². The third-order valence-electron chi connectivity index (χ3n) is 10.6. The molecule has 57 heavy (non-hydrogen) atoms. The molecule has 1 saturated heterocycles. The van der Waals surface area contributed by atoms with Crippen LogP contribution in [0.2, 0.25) is 0 Å². The largest absolute Gasteiger partial charge is 0.368 e. The molecule has 2 heterocycles. The van der Waals surface area contributed by atoms with Gasteiger partial charge in [-0.25, -0.2) is 0 Å². The number of primary amides is 1. The van der Waals surface area contributed by atoms with Gasteiger partial charge in [-0.15, -0.1) is 0 Å². The first-order valence-corrected chi connectivity index (χ1v) is 19.3. The number of amides is 6. The lowest BCUT2D eigenvalue weighted by atomic mass is 9.74. The number of rotatable bonds is 6. The second-order valence-corrected chi connectivity index (χ2v) is 14.7. The number of nitrogens with zero attached hydrogens (tertiary/aromatic N) is 1. The maximum Gasteiger partial charge on any atom is 0.246 e. The Morgan fingerprint density at radius 3 is 2.12 bits per heavy atom. The number of carbonyl (C=O) groups excluding carboxylic acids is 6. The number of piperidine rings is 1. The molecular weight excluding hydrogens is 721 g/mol. The Bertz CT molecular complexity index is 2110. The van der Waals surface area contributed by atoms with Crippen molar-refractivity contribution in [2.24, 2.45) is 11.1 Å². The molecule has 0 spiro atoms. The van der Waals surface area contributed by atoms with Gasteiger partial charge in [-0.3, -0.25) is 28.8 Å². The van der Waals surface area contributed by atoms with Crippen LogP contribution in [0.15, 0.2) is 121 Å². The fraction of sp³-hybridized carbons (Fsp3) is 0.289. The first-order chi connectivity index (χ1) is 27.6. The quantitative estimate of drug-likeness (QED) is 0.201. The summed E-state index contributed by atoms with van der Waals surface area (Å²) in [4.78, 5) is 82.2. The van der Waals surface area contributed by atoms with Crippen LogP contribution in [0.25, 0.3) is 11.1 Å². The predicted molar refractivity (Wildman–Crippen MR) is 216 cm³/mol. The van der Waals surface area contributed by atoms with Crippen LogP contribution in [-0.2, 0) is 54.6 Å². The van der Waals surface area contributed by atoms with Gasteiger partial charge in [0.25, 0.3) is 0 Å². The summed E-state index contributed by atoms with van der Waals surface area (Å²) < 4.78 is 0. The standard InChI is InChI=1S/C45H48N6O6/c46-42(55)37-22-24-47-39(52)20-21-41(54)51-25-9-23-45(30-51,28-32-10-3-1-4-11-32)44(57)50-38(26-31-16-18-34(19-17-31)33-12-5-2-6-13-33)43(56)48-29-36-15-8-7-14-35(36)27-40(53)49-37/h1-8,10-21,37-38H,9,22-30H2,(H2,46,55)(H,47,52)(H,48,56)(H,49,53)(H,50,57)/b21-20+. The van der Waals surface area contributed by atoms with Crippen LogP contribution in [0.3, 0.4) is 0 Å². The van der Waals surface area contributed by atoms with Crippen molar-refractivity contribution < 1.29 is 28.8 Å². The minimum Gasteiger partial charge on any atom is -0.368 e. The monoisotopic (exact) mass is 768 g/mol.